The van der Waals surface area contributed by atoms with E-state index in [9.17, 15) is 4.79 Å². The van der Waals surface area contributed by atoms with Crippen LogP contribution >= 0.6 is 0 Å². The van der Waals surface area contributed by atoms with Gasteiger partial charge in [0, 0.05) is 18.4 Å². The molecule has 0 aliphatic carbocycles. The van der Waals surface area contributed by atoms with Crippen molar-refractivity contribution in [1.29, 1.82) is 0 Å². The van der Waals surface area contributed by atoms with E-state index in [-0.39, 0.29) is 12.2 Å². The van der Waals surface area contributed by atoms with Crippen LogP contribution in [0.3, 0.4) is 0 Å². The van der Waals surface area contributed by atoms with E-state index in [1.165, 1.54) is 0 Å². The number of aromatic nitrogens is 1. The predicted octanol–water partition coefficient (Wildman–Crippen LogP) is 6.10. The lowest BCUT2D eigenvalue weighted by Crippen LogP contribution is -2.10. The number of aliphatic imine (C=N–C) groups is 1. The maximum Gasteiger partial charge on any atom is 0.187 e. The number of benzene rings is 2. The Morgan fingerprint density at radius 1 is 1.13 bits per heavy atom. The molecule has 30 heavy (non-hydrogen) atoms. The monoisotopic (exact) mass is 397 g/mol. The quantitative estimate of drug-likeness (QED) is 0.489. The Balaban J connectivity index is 1.89. The molecule has 150 valence electrons. The van der Waals surface area contributed by atoms with Crippen molar-refractivity contribution in [2.75, 3.05) is 0 Å². The van der Waals surface area contributed by atoms with Crippen molar-refractivity contribution >= 4 is 17.2 Å². The molecule has 0 fully saturated rings. The summed E-state index contributed by atoms with van der Waals surface area (Å²) >= 11 is 0. The van der Waals surface area contributed by atoms with Crippen LogP contribution in [0.2, 0.25) is 0 Å². The minimum absolute atomic E-state index is 0.160. The minimum Gasteiger partial charge on any atom is -0.358 e. The number of carbonyl (C=O) groups is 1. The molecule has 2 heterocycles. The van der Waals surface area contributed by atoms with Gasteiger partial charge in [-0.15, -0.1) is 0 Å². The summed E-state index contributed by atoms with van der Waals surface area (Å²) in [6, 6.07) is 15.0. The standard InChI is InChI=1S/C25H23N3O2/c1-15(2)13-19(29)14-22-25-23(16(3)28-30-25)20-7-5-6-8-21(20)24(27-22)17-9-11-18(26-4)12-10-17/h5-12,15,22H,13-14H2,1-3H3. The normalized spacial score (nSPS) is 15.0. The third-order valence-electron chi connectivity index (χ3n) is 5.26. The average Bonchev–Trinajstić information content (AvgIpc) is 3.05. The third-order valence-corrected chi connectivity index (χ3v) is 5.26. The zero-order chi connectivity index (χ0) is 21.3. The van der Waals surface area contributed by atoms with Gasteiger partial charge in [-0.3, -0.25) is 9.79 Å². The van der Waals surface area contributed by atoms with Crippen LogP contribution in [0.25, 0.3) is 16.0 Å². The number of Topliss-reactive ketones (excluding diaryl/α,β-unsaturated/α-hetero) is 1. The summed E-state index contributed by atoms with van der Waals surface area (Å²) in [7, 11) is 0. The van der Waals surface area contributed by atoms with Gasteiger partial charge in [-0.2, -0.15) is 0 Å². The minimum atomic E-state index is -0.435. The first-order valence-electron chi connectivity index (χ1n) is 10.1. The van der Waals surface area contributed by atoms with Gasteiger partial charge in [-0.25, -0.2) is 4.85 Å². The molecule has 0 N–H and O–H groups in total. The summed E-state index contributed by atoms with van der Waals surface area (Å²) in [5, 5.41) is 4.19. The van der Waals surface area contributed by atoms with Gasteiger partial charge in [0.05, 0.1) is 23.5 Å². The zero-order valence-electron chi connectivity index (χ0n) is 17.3. The number of nitrogens with zero attached hydrogens (tertiary/aromatic N) is 3. The second kappa shape index (κ2) is 8.08. The first kappa shape index (κ1) is 19.8. The molecular weight excluding hydrogens is 374 g/mol. The molecule has 1 aliphatic heterocycles. The van der Waals surface area contributed by atoms with Crippen molar-refractivity contribution in [2.45, 2.75) is 39.7 Å². The largest absolute Gasteiger partial charge is 0.358 e. The van der Waals surface area contributed by atoms with Gasteiger partial charge in [-0.05, 0) is 24.0 Å². The van der Waals surface area contributed by atoms with E-state index >= 15 is 0 Å². The maximum absolute atomic E-state index is 12.7. The van der Waals surface area contributed by atoms with Gasteiger partial charge in [0.1, 0.15) is 11.8 Å². The van der Waals surface area contributed by atoms with Crippen molar-refractivity contribution in [1.82, 2.24) is 5.16 Å². The number of aryl methyl sites for hydroxylation is 1. The van der Waals surface area contributed by atoms with Gasteiger partial charge in [0.25, 0.3) is 0 Å². The Morgan fingerprint density at radius 2 is 1.83 bits per heavy atom. The second-order valence-electron chi connectivity index (χ2n) is 8.05. The van der Waals surface area contributed by atoms with Crippen LogP contribution in [-0.2, 0) is 4.79 Å². The summed E-state index contributed by atoms with van der Waals surface area (Å²) in [5.41, 5.74) is 5.97. The van der Waals surface area contributed by atoms with Crippen LogP contribution in [0.4, 0.5) is 5.69 Å². The predicted molar refractivity (Wildman–Crippen MR) is 117 cm³/mol. The molecule has 1 unspecified atom stereocenters. The number of rotatable bonds is 5. The highest BCUT2D eigenvalue weighted by molar-refractivity contribution is 6.17. The van der Waals surface area contributed by atoms with Crippen molar-refractivity contribution in [2.24, 2.45) is 10.9 Å². The number of hydrogen-bond donors (Lipinski definition) is 0. The van der Waals surface area contributed by atoms with E-state index in [1.807, 2.05) is 57.2 Å². The highest BCUT2D eigenvalue weighted by Crippen LogP contribution is 2.41. The number of fused-ring (bicyclic) bond motifs is 3. The van der Waals surface area contributed by atoms with E-state index in [0.717, 1.165) is 33.7 Å². The molecule has 4 rings (SSSR count). The van der Waals surface area contributed by atoms with Crippen molar-refractivity contribution in [3.63, 3.8) is 0 Å². The number of hydrogen-bond acceptors (Lipinski definition) is 4. The molecule has 1 aliphatic rings. The van der Waals surface area contributed by atoms with Crippen LogP contribution in [-0.4, -0.2) is 16.7 Å². The van der Waals surface area contributed by atoms with E-state index in [2.05, 4.69) is 10.0 Å². The Morgan fingerprint density at radius 3 is 2.50 bits per heavy atom. The van der Waals surface area contributed by atoms with Crippen LogP contribution in [0.15, 0.2) is 58.0 Å². The zero-order valence-corrected chi connectivity index (χ0v) is 17.3. The van der Waals surface area contributed by atoms with Crippen LogP contribution < -0.4 is 0 Å². The first-order valence-corrected chi connectivity index (χ1v) is 10.1. The van der Waals surface area contributed by atoms with Crippen molar-refractivity contribution in [3.05, 3.63) is 82.5 Å². The molecule has 1 aromatic heterocycles. The van der Waals surface area contributed by atoms with Gasteiger partial charge < -0.3 is 4.52 Å². The van der Waals surface area contributed by atoms with Gasteiger partial charge >= 0.3 is 0 Å². The molecule has 0 saturated carbocycles. The van der Waals surface area contributed by atoms with Gasteiger partial charge in [-0.1, -0.05) is 67.5 Å². The second-order valence-corrected chi connectivity index (χ2v) is 8.05. The lowest BCUT2D eigenvalue weighted by Gasteiger charge is -2.12. The molecule has 3 aromatic rings. The SMILES string of the molecule is [C-]#[N+]c1ccc(C2=NC(CC(=O)CC(C)C)c3onc(C)c3-c3ccccc32)cc1. The molecule has 0 spiro atoms. The summed E-state index contributed by atoms with van der Waals surface area (Å²) in [6.07, 6.45) is 0.786. The summed E-state index contributed by atoms with van der Waals surface area (Å²) in [4.78, 5) is 21.2. The summed E-state index contributed by atoms with van der Waals surface area (Å²) < 4.78 is 5.71. The Labute approximate surface area is 176 Å². The molecule has 0 radical (unpaired) electrons. The lowest BCUT2D eigenvalue weighted by molar-refractivity contribution is -0.120. The van der Waals surface area contributed by atoms with Crippen LogP contribution in [0, 0.1) is 19.4 Å². The van der Waals surface area contributed by atoms with E-state index < -0.39 is 6.04 Å². The maximum atomic E-state index is 12.7. The van der Waals surface area contributed by atoms with Gasteiger partial charge in [0.15, 0.2) is 11.4 Å². The van der Waals surface area contributed by atoms with E-state index in [0.29, 0.717) is 23.8 Å². The Bertz CT molecular complexity index is 1160. The molecule has 1 atom stereocenters. The van der Waals surface area contributed by atoms with Crippen LogP contribution in [0.1, 0.15) is 55.3 Å². The topological polar surface area (TPSA) is 59.8 Å². The molecule has 2 aromatic carbocycles. The van der Waals surface area contributed by atoms with E-state index in [4.69, 9.17) is 16.1 Å². The number of ketones is 1. The van der Waals surface area contributed by atoms with E-state index in [1.54, 1.807) is 12.1 Å². The Hall–Kier alpha value is -3.52. The first-order chi connectivity index (χ1) is 14.5. The van der Waals surface area contributed by atoms with Crippen molar-refractivity contribution < 1.29 is 9.32 Å². The fraction of sp³-hybridized carbons (Fsp3) is 0.280. The van der Waals surface area contributed by atoms with Crippen LogP contribution in [0.5, 0.6) is 0 Å². The fourth-order valence-electron chi connectivity index (χ4n) is 3.95. The fourth-order valence-corrected chi connectivity index (χ4v) is 3.95. The molecule has 5 nitrogen and oxygen atoms in total. The highest BCUT2D eigenvalue weighted by Gasteiger charge is 2.31. The molecule has 0 amide bonds. The molecule has 5 heteroatoms. The molecule has 0 saturated heterocycles. The molecular formula is C25H23N3O2. The molecule has 0 bridgehead atoms. The van der Waals surface area contributed by atoms with Gasteiger partial charge in [0.2, 0.25) is 0 Å². The summed E-state index contributed by atoms with van der Waals surface area (Å²) in [6.45, 7) is 13.2. The smallest absolute Gasteiger partial charge is 0.187 e. The Kier molecular flexibility index (Phi) is 5.33. The number of carbonyl (C=O) groups excluding carboxylic acids is 1. The summed E-state index contributed by atoms with van der Waals surface area (Å²) in [5.74, 6) is 1.10. The average molecular weight is 397 g/mol. The lowest BCUT2D eigenvalue weighted by atomic mass is 9.92. The van der Waals surface area contributed by atoms with Crippen molar-refractivity contribution in [3.8, 4) is 11.1 Å². The highest BCUT2D eigenvalue weighted by atomic mass is 16.5. The third kappa shape index (κ3) is 3.69.